The number of morpholine rings is 1. The number of pyridine rings is 1. The standard InChI is InChI=1S/C27H30N6O3/c1-18-5-6-19(12-25(34)22-14-26(36-30-22)27(2,3)4)11-24(18)33-17-23(29-31-33)20-13-21(16-28-15-20)32-7-9-35-10-8-32/h5-6,11,13-17H,7-10,12H2,1-4H3. The minimum Gasteiger partial charge on any atom is -0.378 e. The first-order valence-corrected chi connectivity index (χ1v) is 12.1. The third-order valence-electron chi connectivity index (χ3n) is 6.31. The quantitative estimate of drug-likeness (QED) is 0.374. The summed E-state index contributed by atoms with van der Waals surface area (Å²) in [7, 11) is 0. The van der Waals surface area contributed by atoms with Gasteiger partial charge in [-0.1, -0.05) is 43.3 Å². The molecule has 3 aromatic heterocycles. The molecular formula is C27H30N6O3. The minimum atomic E-state index is -0.204. The highest BCUT2D eigenvalue weighted by molar-refractivity contribution is 5.95. The van der Waals surface area contributed by atoms with Crippen LogP contribution in [0.25, 0.3) is 16.9 Å². The fourth-order valence-corrected chi connectivity index (χ4v) is 4.12. The maximum Gasteiger partial charge on any atom is 0.189 e. The van der Waals surface area contributed by atoms with Crippen LogP contribution in [-0.4, -0.2) is 57.2 Å². The van der Waals surface area contributed by atoms with Crippen LogP contribution in [0.5, 0.6) is 0 Å². The zero-order valence-corrected chi connectivity index (χ0v) is 21.1. The van der Waals surface area contributed by atoms with Crippen molar-refractivity contribution in [2.75, 3.05) is 31.2 Å². The largest absolute Gasteiger partial charge is 0.378 e. The number of carbonyl (C=O) groups is 1. The van der Waals surface area contributed by atoms with Gasteiger partial charge in [-0.25, -0.2) is 4.68 Å². The smallest absolute Gasteiger partial charge is 0.189 e. The molecule has 0 aliphatic carbocycles. The lowest BCUT2D eigenvalue weighted by Crippen LogP contribution is -2.36. The summed E-state index contributed by atoms with van der Waals surface area (Å²) in [6.45, 7) is 11.2. The molecule has 0 spiro atoms. The number of rotatable bonds is 6. The van der Waals surface area contributed by atoms with E-state index in [4.69, 9.17) is 9.26 Å². The van der Waals surface area contributed by atoms with Crippen molar-refractivity contribution >= 4 is 11.5 Å². The number of anilines is 1. The summed E-state index contributed by atoms with van der Waals surface area (Å²) in [4.78, 5) is 19.5. The first-order chi connectivity index (χ1) is 17.3. The summed E-state index contributed by atoms with van der Waals surface area (Å²) < 4.78 is 12.6. The van der Waals surface area contributed by atoms with Gasteiger partial charge in [0, 0.05) is 42.8 Å². The molecule has 9 heteroatoms. The number of hydrogen-bond acceptors (Lipinski definition) is 8. The Kier molecular flexibility index (Phi) is 6.40. The normalized spacial score (nSPS) is 14.3. The molecule has 1 saturated heterocycles. The van der Waals surface area contributed by atoms with Crippen LogP contribution in [0, 0.1) is 6.92 Å². The summed E-state index contributed by atoms with van der Waals surface area (Å²) >= 11 is 0. The zero-order chi connectivity index (χ0) is 25.3. The molecule has 0 radical (unpaired) electrons. The van der Waals surface area contributed by atoms with Gasteiger partial charge in [-0.3, -0.25) is 9.78 Å². The molecule has 1 fully saturated rings. The fraction of sp³-hybridized carbons (Fsp3) is 0.370. The molecule has 186 valence electrons. The van der Waals surface area contributed by atoms with Crippen molar-refractivity contribution in [3.8, 4) is 16.9 Å². The second-order valence-electron chi connectivity index (χ2n) is 10.1. The molecule has 0 atom stereocenters. The highest BCUT2D eigenvalue weighted by Gasteiger charge is 2.22. The van der Waals surface area contributed by atoms with Crippen LogP contribution in [0.2, 0.25) is 0 Å². The highest BCUT2D eigenvalue weighted by Crippen LogP contribution is 2.25. The average molecular weight is 487 g/mol. The van der Waals surface area contributed by atoms with Gasteiger partial charge in [0.2, 0.25) is 0 Å². The highest BCUT2D eigenvalue weighted by atomic mass is 16.5. The van der Waals surface area contributed by atoms with Crippen molar-refractivity contribution in [3.05, 3.63) is 71.5 Å². The first-order valence-electron chi connectivity index (χ1n) is 12.1. The lowest BCUT2D eigenvalue weighted by Gasteiger charge is -2.28. The van der Waals surface area contributed by atoms with Gasteiger partial charge in [-0.15, -0.1) is 5.10 Å². The number of ether oxygens (including phenoxy) is 1. The number of carbonyl (C=O) groups excluding carboxylic acids is 1. The van der Waals surface area contributed by atoms with Crippen LogP contribution in [0.15, 0.2) is 53.4 Å². The van der Waals surface area contributed by atoms with Gasteiger partial charge in [0.05, 0.1) is 37.0 Å². The van der Waals surface area contributed by atoms with Crippen molar-refractivity contribution in [2.45, 2.75) is 39.5 Å². The van der Waals surface area contributed by atoms with Crippen molar-refractivity contribution in [1.82, 2.24) is 25.1 Å². The van der Waals surface area contributed by atoms with Crippen LogP contribution in [0.3, 0.4) is 0 Å². The van der Waals surface area contributed by atoms with Crippen molar-refractivity contribution in [3.63, 3.8) is 0 Å². The van der Waals surface area contributed by atoms with E-state index in [1.165, 1.54) is 0 Å². The van der Waals surface area contributed by atoms with E-state index in [-0.39, 0.29) is 17.6 Å². The topological polar surface area (TPSA) is 99.2 Å². The van der Waals surface area contributed by atoms with Crippen molar-refractivity contribution < 1.29 is 14.1 Å². The Labute approximate surface area is 210 Å². The average Bonchev–Trinajstić information content (AvgIpc) is 3.57. The zero-order valence-electron chi connectivity index (χ0n) is 21.1. The molecule has 0 saturated carbocycles. The molecule has 0 amide bonds. The molecule has 0 unspecified atom stereocenters. The van der Waals surface area contributed by atoms with Crippen LogP contribution in [0.1, 0.15) is 48.1 Å². The van der Waals surface area contributed by atoms with E-state index in [2.05, 4.69) is 31.4 Å². The Morgan fingerprint density at radius 2 is 1.89 bits per heavy atom. The monoisotopic (exact) mass is 486 g/mol. The Bertz CT molecular complexity index is 1380. The Balaban J connectivity index is 1.36. The molecule has 4 heterocycles. The van der Waals surface area contributed by atoms with E-state index in [1.807, 2.05) is 58.3 Å². The first kappa shape index (κ1) is 23.9. The lowest BCUT2D eigenvalue weighted by atomic mass is 9.93. The Hall–Kier alpha value is -3.85. The fourth-order valence-electron chi connectivity index (χ4n) is 4.12. The van der Waals surface area contributed by atoms with Gasteiger partial charge in [0.1, 0.15) is 17.1 Å². The number of aromatic nitrogens is 5. The number of Topliss-reactive ketones (excluding diaryl/α,β-unsaturated/α-hetero) is 1. The second kappa shape index (κ2) is 9.66. The number of aryl methyl sites for hydroxylation is 1. The molecule has 5 rings (SSSR count). The van der Waals surface area contributed by atoms with Crippen LogP contribution >= 0.6 is 0 Å². The van der Waals surface area contributed by atoms with Crippen LogP contribution in [0.4, 0.5) is 5.69 Å². The van der Waals surface area contributed by atoms with Gasteiger partial charge in [0.15, 0.2) is 5.78 Å². The number of nitrogens with zero attached hydrogens (tertiary/aromatic N) is 6. The predicted octanol–water partition coefficient (Wildman–Crippen LogP) is 4.19. The minimum absolute atomic E-state index is 0.0886. The molecule has 0 N–H and O–H groups in total. The summed E-state index contributed by atoms with van der Waals surface area (Å²) in [6.07, 6.45) is 5.77. The van der Waals surface area contributed by atoms with E-state index in [0.717, 1.165) is 46.8 Å². The maximum atomic E-state index is 12.9. The molecule has 1 aliphatic rings. The van der Waals surface area contributed by atoms with Gasteiger partial charge >= 0.3 is 0 Å². The SMILES string of the molecule is Cc1ccc(CC(=O)c2cc(C(C)(C)C)on2)cc1-n1cc(-c2cncc(N3CCOCC3)c2)nn1. The van der Waals surface area contributed by atoms with E-state index < -0.39 is 0 Å². The number of hydrogen-bond donors (Lipinski definition) is 0. The maximum absolute atomic E-state index is 12.9. The molecule has 1 aromatic carbocycles. The van der Waals surface area contributed by atoms with E-state index >= 15 is 0 Å². The second-order valence-corrected chi connectivity index (χ2v) is 10.1. The molecule has 4 aromatic rings. The molecule has 1 aliphatic heterocycles. The van der Waals surface area contributed by atoms with Gasteiger partial charge < -0.3 is 14.2 Å². The van der Waals surface area contributed by atoms with Crippen molar-refractivity contribution in [2.24, 2.45) is 0 Å². The molecular weight excluding hydrogens is 456 g/mol. The summed E-state index contributed by atoms with van der Waals surface area (Å²) in [5, 5.41) is 12.7. The van der Waals surface area contributed by atoms with E-state index in [0.29, 0.717) is 24.7 Å². The van der Waals surface area contributed by atoms with Crippen molar-refractivity contribution in [1.29, 1.82) is 0 Å². The summed E-state index contributed by atoms with van der Waals surface area (Å²) in [5.74, 6) is 0.604. The van der Waals surface area contributed by atoms with E-state index in [9.17, 15) is 4.79 Å². The Morgan fingerprint density at radius 3 is 2.64 bits per heavy atom. The third kappa shape index (κ3) is 5.06. The van der Waals surface area contributed by atoms with Crippen LogP contribution < -0.4 is 4.90 Å². The molecule has 0 bridgehead atoms. The Morgan fingerprint density at radius 1 is 1.08 bits per heavy atom. The number of ketones is 1. The van der Waals surface area contributed by atoms with Crippen LogP contribution in [-0.2, 0) is 16.6 Å². The van der Waals surface area contributed by atoms with E-state index in [1.54, 1.807) is 16.9 Å². The van der Waals surface area contributed by atoms with Gasteiger partial charge in [-0.05, 0) is 30.2 Å². The number of benzene rings is 1. The summed E-state index contributed by atoms with van der Waals surface area (Å²) in [6, 6.07) is 9.73. The molecule has 36 heavy (non-hydrogen) atoms. The van der Waals surface area contributed by atoms with Gasteiger partial charge in [-0.2, -0.15) is 0 Å². The summed E-state index contributed by atoms with van der Waals surface area (Å²) in [5.41, 5.74) is 5.58. The lowest BCUT2D eigenvalue weighted by molar-refractivity contribution is 0.0984. The molecule has 9 nitrogen and oxygen atoms in total. The van der Waals surface area contributed by atoms with Gasteiger partial charge in [0.25, 0.3) is 0 Å². The predicted molar refractivity (Wildman–Crippen MR) is 136 cm³/mol. The third-order valence-corrected chi connectivity index (χ3v) is 6.31.